The number of carbonyl (C=O) groups excluding carboxylic acids is 1. The number of rotatable bonds is 5. The number of nitrogens with one attached hydrogen (secondary N) is 1. The number of carbonyl (C=O) groups is 2. The average molecular weight is 274 g/mol. The van der Waals surface area contributed by atoms with E-state index in [1.807, 2.05) is 28.8 Å². The molecule has 0 bridgehead atoms. The SMILES string of the molecule is O=C(O)[C@H]1C[C@H]1C(=O)NCCc1nnc2ccccn12. The summed E-state index contributed by atoms with van der Waals surface area (Å²) in [6.07, 6.45) is 2.87. The second-order valence-electron chi connectivity index (χ2n) is 4.87. The van der Waals surface area contributed by atoms with Crippen molar-refractivity contribution in [3.63, 3.8) is 0 Å². The van der Waals surface area contributed by atoms with Crippen LogP contribution in [0.5, 0.6) is 0 Å². The Bertz CT molecular complexity index is 666. The minimum Gasteiger partial charge on any atom is -0.481 e. The molecule has 3 rings (SSSR count). The Morgan fingerprint density at radius 3 is 2.95 bits per heavy atom. The monoisotopic (exact) mass is 274 g/mol. The number of carboxylic acids is 1. The number of pyridine rings is 1. The third kappa shape index (κ3) is 2.34. The smallest absolute Gasteiger partial charge is 0.307 e. The minimum atomic E-state index is -0.895. The zero-order chi connectivity index (χ0) is 14.1. The van der Waals surface area contributed by atoms with Crippen molar-refractivity contribution >= 4 is 17.5 Å². The van der Waals surface area contributed by atoms with Crippen molar-refractivity contribution in [1.82, 2.24) is 19.9 Å². The molecular formula is C13H14N4O3. The summed E-state index contributed by atoms with van der Waals surface area (Å²) in [7, 11) is 0. The van der Waals surface area contributed by atoms with Gasteiger partial charge in [0.15, 0.2) is 5.65 Å². The largest absolute Gasteiger partial charge is 0.481 e. The summed E-state index contributed by atoms with van der Waals surface area (Å²) in [4.78, 5) is 22.4. The van der Waals surface area contributed by atoms with E-state index in [1.54, 1.807) is 0 Å². The van der Waals surface area contributed by atoms with Crippen molar-refractivity contribution in [2.45, 2.75) is 12.8 Å². The van der Waals surface area contributed by atoms with Crippen molar-refractivity contribution in [2.75, 3.05) is 6.54 Å². The van der Waals surface area contributed by atoms with Gasteiger partial charge < -0.3 is 10.4 Å². The van der Waals surface area contributed by atoms with Crippen LogP contribution in [0.25, 0.3) is 5.65 Å². The number of hydrogen-bond donors (Lipinski definition) is 2. The Labute approximate surface area is 114 Å². The molecule has 1 aliphatic rings. The lowest BCUT2D eigenvalue weighted by Gasteiger charge is -2.03. The van der Waals surface area contributed by atoms with Gasteiger partial charge in [0.25, 0.3) is 0 Å². The lowest BCUT2D eigenvalue weighted by Crippen LogP contribution is -2.28. The molecule has 0 aliphatic heterocycles. The van der Waals surface area contributed by atoms with E-state index < -0.39 is 11.9 Å². The van der Waals surface area contributed by atoms with Gasteiger partial charge in [-0.25, -0.2) is 0 Å². The summed E-state index contributed by atoms with van der Waals surface area (Å²) in [5, 5.41) is 19.6. The number of aromatic nitrogens is 3. The van der Waals surface area contributed by atoms with Gasteiger partial charge in [-0.2, -0.15) is 0 Å². The topological polar surface area (TPSA) is 96.6 Å². The van der Waals surface area contributed by atoms with Crippen LogP contribution < -0.4 is 5.32 Å². The fraction of sp³-hybridized carbons (Fsp3) is 0.385. The average Bonchev–Trinajstić information content (AvgIpc) is 3.15. The van der Waals surface area contributed by atoms with E-state index in [2.05, 4.69) is 15.5 Å². The van der Waals surface area contributed by atoms with Crippen LogP contribution in [0.4, 0.5) is 0 Å². The van der Waals surface area contributed by atoms with Gasteiger partial charge in [-0.15, -0.1) is 10.2 Å². The van der Waals surface area contributed by atoms with Gasteiger partial charge in [0.05, 0.1) is 11.8 Å². The standard InChI is InChI=1S/C13H14N4O3/c18-12(8-7-9(8)13(19)20)14-5-4-11-16-15-10-3-1-2-6-17(10)11/h1-3,6,8-9H,4-5,7H2,(H,14,18)(H,19,20)/t8-,9+/m1/s1. The third-order valence-corrected chi connectivity index (χ3v) is 3.48. The minimum absolute atomic E-state index is 0.189. The number of amides is 1. The number of hydrogen-bond acceptors (Lipinski definition) is 4. The molecule has 0 unspecified atom stereocenters. The molecule has 0 saturated heterocycles. The number of nitrogens with zero attached hydrogens (tertiary/aromatic N) is 3. The van der Waals surface area contributed by atoms with Gasteiger partial charge in [-0.1, -0.05) is 6.07 Å². The first kappa shape index (κ1) is 12.6. The van der Waals surface area contributed by atoms with Crippen LogP contribution in [0.1, 0.15) is 12.2 Å². The normalized spacial score (nSPS) is 20.8. The lowest BCUT2D eigenvalue weighted by molar-refractivity contribution is -0.140. The van der Waals surface area contributed by atoms with Gasteiger partial charge in [0.1, 0.15) is 5.82 Å². The summed E-state index contributed by atoms with van der Waals surface area (Å²) in [6.45, 7) is 0.428. The van der Waals surface area contributed by atoms with E-state index in [9.17, 15) is 9.59 Å². The Morgan fingerprint density at radius 1 is 1.35 bits per heavy atom. The first-order valence-corrected chi connectivity index (χ1v) is 6.46. The predicted octanol–water partition coefficient (Wildman–Crippen LogP) is 0.109. The zero-order valence-electron chi connectivity index (χ0n) is 10.7. The molecule has 7 heteroatoms. The maximum Gasteiger partial charge on any atom is 0.307 e. The molecule has 1 saturated carbocycles. The van der Waals surface area contributed by atoms with Gasteiger partial charge >= 0.3 is 5.97 Å². The number of carboxylic acid groups (broad SMARTS) is 1. The van der Waals surface area contributed by atoms with E-state index in [4.69, 9.17) is 5.11 Å². The molecule has 20 heavy (non-hydrogen) atoms. The van der Waals surface area contributed by atoms with Gasteiger partial charge in [-0.3, -0.25) is 14.0 Å². The molecule has 2 N–H and O–H groups in total. The van der Waals surface area contributed by atoms with Crippen molar-refractivity contribution in [3.05, 3.63) is 30.2 Å². The van der Waals surface area contributed by atoms with Crippen LogP contribution >= 0.6 is 0 Å². The van der Waals surface area contributed by atoms with Crippen molar-refractivity contribution in [1.29, 1.82) is 0 Å². The van der Waals surface area contributed by atoms with Crippen LogP contribution in [0.15, 0.2) is 24.4 Å². The van der Waals surface area contributed by atoms with E-state index in [0.29, 0.717) is 19.4 Å². The molecule has 1 amide bonds. The summed E-state index contributed by atoms with van der Waals surface area (Å²) >= 11 is 0. The van der Waals surface area contributed by atoms with Crippen molar-refractivity contribution in [3.8, 4) is 0 Å². The molecule has 2 atom stereocenters. The van der Waals surface area contributed by atoms with E-state index in [1.165, 1.54) is 0 Å². The van der Waals surface area contributed by atoms with E-state index in [0.717, 1.165) is 11.5 Å². The number of fused-ring (bicyclic) bond motifs is 1. The molecule has 0 aromatic carbocycles. The highest BCUT2D eigenvalue weighted by Gasteiger charge is 2.48. The zero-order valence-corrected chi connectivity index (χ0v) is 10.7. The lowest BCUT2D eigenvalue weighted by atomic mass is 10.3. The predicted molar refractivity (Wildman–Crippen MR) is 68.9 cm³/mol. The fourth-order valence-electron chi connectivity index (χ4n) is 2.25. The summed E-state index contributed by atoms with van der Waals surface area (Å²) < 4.78 is 1.86. The van der Waals surface area contributed by atoms with Crippen LogP contribution in [-0.4, -0.2) is 38.1 Å². The Hall–Kier alpha value is -2.44. The first-order chi connectivity index (χ1) is 9.66. The highest BCUT2D eigenvalue weighted by atomic mass is 16.4. The fourth-order valence-corrected chi connectivity index (χ4v) is 2.25. The van der Waals surface area contributed by atoms with Crippen LogP contribution in [0.2, 0.25) is 0 Å². The van der Waals surface area contributed by atoms with Gasteiger partial charge in [0, 0.05) is 19.2 Å². The quantitative estimate of drug-likeness (QED) is 0.806. The molecule has 0 spiro atoms. The van der Waals surface area contributed by atoms with E-state index in [-0.39, 0.29) is 11.8 Å². The van der Waals surface area contributed by atoms with Crippen LogP contribution in [0.3, 0.4) is 0 Å². The highest BCUT2D eigenvalue weighted by molar-refractivity contribution is 5.89. The van der Waals surface area contributed by atoms with Crippen LogP contribution in [-0.2, 0) is 16.0 Å². The Kier molecular flexibility index (Phi) is 3.09. The summed E-state index contributed by atoms with van der Waals surface area (Å²) in [6, 6.07) is 5.63. The Balaban J connectivity index is 1.53. The van der Waals surface area contributed by atoms with Gasteiger partial charge in [-0.05, 0) is 18.6 Å². The maximum atomic E-state index is 11.7. The molecule has 1 fully saturated rings. The van der Waals surface area contributed by atoms with Gasteiger partial charge in [0.2, 0.25) is 5.91 Å². The molecule has 104 valence electrons. The molecule has 2 aromatic rings. The summed E-state index contributed by atoms with van der Waals surface area (Å²) in [5.74, 6) is -1.20. The first-order valence-electron chi connectivity index (χ1n) is 6.46. The van der Waals surface area contributed by atoms with Crippen molar-refractivity contribution < 1.29 is 14.7 Å². The van der Waals surface area contributed by atoms with Crippen LogP contribution in [0, 0.1) is 11.8 Å². The second-order valence-corrected chi connectivity index (χ2v) is 4.87. The molecule has 2 aromatic heterocycles. The number of aliphatic carboxylic acids is 1. The van der Waals surface area contributed by atoms with E-state index >= 15 is 0 Å². The molecule has 7 nitrogen and oxygen atoms in total. The third-order valence-electron chi connectivity index (χ3n) is 3.48. The second kappa shape index (κ2) is 4.92. The maximum absolute atomic E-state index is 11.7. The van der Waals surface area contributed by atoms with Crippen molar-refractivity contribution in [2.24, 2.45) is 11.8 Å². The molecule has 1 aliphatic carbocycles. The molecule has 0 radical (unpaired) electrons. The Morgan fingerprint density at radius 2 is 2.20 bits per heavy atom. The highest BCUT2D eigenvalue weighted by Crippen LogP contribution is 2.38. The molecule has 2 heterocycles. The molecular weight excluding hydrogens is 260 g/mol. The summed E-state index contributed by atoms with van der Waals surface area (Å²) in [5.41, 5.74) is 0.766.